The molecule has 2 aromatic rings. The summed E-state index contributed by atoms with van der Waals surface area (Å²) in [6.45, 7) is 6.64. The van der Waals surface area contributed by atoms with Gasteiger partial charge in [0, 0.05) is 7.05 Å². The van der Waals surface area contributed by atoms with Gasteiger partial charge in [-0.05, 0) is 45.7 Å². The van der Waals surface area contributed by atoms with Crippen molar-refractivity contribution in [2.24, 2.45) is 7.05 Å². The SMILES string of the molecule is CC(C)=CCC/C(C)=C/Cn1c(=O)c2ccccc2c(=O)n1C. The lowest BCUT2D eigenvalue weighted by Gasteiger charge is -2.11. The minimum Gasteiger partial charge on any atom is -0.267 e. The molecular formula is C19H24N2O2. The van der Waals surface area contributed by atoms with Crippen molar-refractivity contribution in [1.82, 2.24) is 9.36 Å². The van der Waals surface area contributed by atoms with Crippen molar-refractivity contribution in [3.63, 3.8) is 0 Å². The Balaban J connectivity index is 2.32. The number of hydrogen-bond donors (Lipinski definition) is 0. The summed E-state index contributed by atoms with van der Waals surface area (Å²) in [4.78, 5) is 24.9. The first-order chi connectivity index (χ1) is 10.9. The molecule has 1 heterocycles. The third-order valence-electron chi connectivity index (χ3n) is 3.98. The quantitative estimate of drug-likeness (QED) is 0.794. The minimum absolute atomic E-state index is 0.129. The summed E-state index contributed by atoms with van der Waals surface area (Å²) >= 11 is 0. The predicted octanol–water partition coefficient (Wildman–Crippen LogP) is 3.39. The van der Waals surface area contributed by atoms with Gasteiger partial charge >= 0.3 is 0 Å². The van der Waals surface area contributed by atoms with Gasteiger partial charge in [0.2, 0.25) is 0 Å². The van der Waals surface area contributed by atoms with Crippen molar-refractivity contribution < 1.29 is 0 Å². The fourth-order valence-electron chi connectivity index (χ4n) is 2.55. The van der Waals surface area contributed by atoms with Crippen molar-refractivity contribution in [2.75, 3.05) is 0 Å². The molecule has 0 aliphatic carbocycles. The third-order valence-corrected chi connectivity index (χ3v) is 3.98. The second kappa shape index (κ2) is 7.27. The summed E-state index contributed by atoms with van der Waals surface area (Å²) in [5.41, 5.74) is 2.26. The van der Waals surface area contributed by atoms with E-state index in [-0.39, 0.29) is 11.1 Å². The Labute approximate surface area is 136 Å². The molecule has 0 aliphatic rings. The van der Waals surface area contributed by atoms with E-state index >= 15 is 0 Å². The Bertz CT molecular complexity index is 878. The van der Waals surface area contributed by atoms with Crippen molar-refractivity contribution in [2.45, 2.75) is 40.2 Å². The van der Waals surface area contributed by atoms with E-state index in [1.165, 1.54) is 20.5 Å². The average Bonchev–Trinajstić information content (AvgIpc) is 2.52. The highest BCUT2D eigenvalue weighted by atomic mass is 16.2. The van der Waals surface area contributed by atoms with Crippen molar-refractivity contribution in [3.8, 4) is 0 Å². The van der Waals surface area contributed by atoms with Crippen LogP contribution in [0.3, 0.4) is 0 Å². The highest BCUT2D eigenvalue weighted by molar-refractivity contribution is 5.80. The van der Waals surface area contributed by atoms with Crippen LogP contribution < -0.4 is 11.1 Å². The largest absolute Gasteiger partial charge is 0.273 e. The molecule has 0 saturated carbocycles. The van der Waals surface area contributed by atoms with Gasteiger partial charge in [0.1, 0.15) is 0 Å². The van der Waals surface area contributed by atoms with Gasteiger partial charge in [-0.15, -0.1) is 0 Å². The lowest BCUT2D eigenvalue weighted by molar-refractivity contribution is 0.509. The van der Waals surface area contributed by atoms with Crippen LogP contribution >= 0.6 is 0 Å². The van der Waals surface area contributed by atoms with Crippen molar-refractivity contribution in [1.29, 1.82) is 0 Å². The van der Waals surface area contributed by atoms with Gasteiger partial charge < -0.3 is 0 Å². The number of aromatic nitrogens is 2. The maximum absolute atomic E-state index is 12.6. The molecule has 0 amide bonds. The van der Waals surface area contributed by atoms with E-state index in [0.29, 0.717) is 17.3 Å². The highest BCUT2D eigenvalue weighted by Crippen LogP contribution is 2.07. The molecule has 0 N–H and O–H groups in total. The van der Waals surface area contributed by atoms with E-state index in [0.717, 1.165) is 12.8 Å². The van der Waals surface area contributed by atoms with Gasteiger partial charge in [0.05, 0.1) is 17.3 Å². The minimum atomic E-state index is -0.143. The lowest BCUT2D eigenvalue weighted by Crippen LogP contribution is -2.36. The number of allylic oxidation sites excluding steroid dienone is 4. The second-order valence-corrected chi connectivity index (χ2v) is 6.13. The van der Waals surface area contributed by atoms with E-state index in [4.69, 9.17) is 0 Å². The predicted molar refractivity (Wildman–Crippen MR) is 95.9 cm³/mol. The maximum Gasteiger partial charge on any atom is 0.273 e. The van der Waals surface area contributed by atoms with Crippen LogP contribution in [0.1, 0.15) is 33.6 Å². The molecule has 0 bridgehead atoms. The summed E-state index contributed by atoms with van der Waals surface area (Å²) in [6.07, 6.45) is 6.18. The highest BCUT2D eigenvalue weighted by Gasteiger charge is 2.09. The molecular weight excluding hydrogens is 288 g/mol. The van der Waals surface area contributed by atoms with Crippen LogP contribution in [-0.2, 0) is 13.6 Å². The first-order valence-corrected chi connectivity index (χ1v) is 7.89. The monoisotopic (exact) mass is 312 g/mol. The van der Waals surface area contributed by atoms with Crippen LogP contribution in [0.5, 0.6) is 0 Å². The zero-order valence-electron chi connectivity index (χ0n) is 14.3. The van der Waals surface area contributed by atoms with E-state index in [9.17, 15) is 9.59 Å². The Hall–Kier alpha value is -2.36. The molecule has 2 rings (SSSR count). The van der Waals surface area contributed by atoms with E-state index in [1.807, 2.05) is 6.08 Å². The van der Waals surface area contributed by atoms with Crippen LogP contribution in [0.2, 0.25) is 0 Å². The zero-order valence-corrected chi connectivity index (χ0v) is 14.3. The molecule has 0 unspecified atom stereocenters. The molecule has 0 radical (unpaired) electrons. The third kappa shape index (κ3) is 3.89. The normalized spacial score (nSPS) is 11.7. The molecule has 1 aromatic carbocycles. The Morgan fingerprint density at radius 2 is 1.61 bits per heavy atom. The van der Waals surface area contributed by atoms with Gasteiger partial charge in [-0.1, -0.05) is 35.4 Å². The van der Waals surface area contributed by atoms with Gasteiger partial charge in [-0.3, -0.25) is 9.59 Å². The van der Waals surface area contributed by atoms with E-state index in [1.54, 1.807) is 31.3 Å². The molecule has 1 aromatic heterocycles. The van der Waals surface area contributed by atoms with E-state index in [2.05, 4.69) is 26.8 Å². The van der Waals surface area contributed by atoms with Crippen LogP contribution in [0.15, 0.2) is 57.2 Å². The Morgan fingerprint density at radius 1 is 1.00 bits per heavy atom. The standard InChI is InChI=1S/C19H24N2O2/c1-14(2)8-7-9-15(3)12-13-21-19(23)17-11-6-5-10-16(17)18(22)20(21)4/h5-6,8,10-12H,7,9,13H2,1-4H3/b15-12+. The summed E-state index contributed by atoms with van der Waals surface area (Å²) in [5.74, 6) is 0. The number of hydrogen-bond acceptors (Lipinski definition) is 2. The van der Waals surface area contributed by atoms with E-state index < -0.39 is 0 Å². The van der Waals surface area contributed by atoms with Crippen molar-refractivity contribution >= 4 is 10.8 Å². The first-order valence-electron chi connectivity index (χ1n) is 7.89. The number of rotatable bonds is 5. The maximum atomic E-state index is 12.6. The zero-order chi connectivity index (χ0) is 17.0. The van der Waals surface area contributed by atoms with Crippen LogP contribution in [0.4, 0.5) is 0 Å². The summed E-state index contributed by atoms with van der Waals surface area (Å²) in [7, 11) is 1.64. The molecule has 0 saturated heterocycles. The molecule has 4 heteroatoms. The van der Waals surface area contributed by atoms with Crippen LogP contribution in [-0.4, -0.2) is 9.36 Å². The fourth-order valence-corrected chi connectivity index (χ4v) is 2.55. The smallest absolute Gasteiger partial charge is 0.267 e. The molecule has 0 aliphatic heterocycles. The average molecular weight is 312 g/mol. The second-order valence-electron chi connectivity index (χ2n) is 6.13. The fraction of sp³-hybridized carbons (Fsp3) is 0.368. The van der Waals surface area contributed by atoms with Crippen LogP contribution in [0.25, 0.3) is 10.8 Å². The molecule has 0 fully saturated rings. The van der Waals surface area contributed by atoms with Gasteiger partial charge in [0.15, 0.2) is 0 Å². The topological polar surface area (TPSA) is 44.0 Å². The van der Waals surface area contributed by atoms with Gasteiger partial charge in [0.25, 0.3) is 11.1 Å². The molecule has 4 nitrogen and oxygen atoms in total. The first kappa shape index (κ1) is 17.0. The van der Waals surface area contributed by atoms with Gasteiger partial charge in [-0.2, -0.15) is 0 Å². The Kier molecular flexibility index (Phi) is 5.37. The summed E-state index contributed by atoms with van der Waals surface area (Å²) in [6, 6.07) is 6.97. The number of benzene rings is 1. The Morgan fingerprint density at radius 3 is 2.22 bits per heavy atom. The van der Waals surface area contributed by atoms with Crippen LogP contribution in [0, 0.1) is 0 Å². The lowest BCUT2D eigenvalue weighted by atomic mass is 10.1. The van der Waals surface area contributed by atoms with Crippen molar-refractivity contribution in [3.05, 3.63) is 68.3 Å². The molecule has 0 spiro atoms. The summed E-state index contributed by atoms with van der Waals surface area (Å²) in [5, 5.41) is 0.951. The molecule has 23 heavy (non-hydrogen) atoms. The summed E-state index contributed by atoms with van der Waals surface area (Å²) < 4.78 is 2.90. The van der Waals surface area contributed by atoms with Gasteiger partial charge in [-0.25, -0.2) is 9.36 Å². The molecule has 0 atom stereocenters. The number of fused-ring (bicyclic) bond motifs is 1. The molecule has 122 valence electrons. The number of nitrogens with zero attached hydrogens (tertiary/aromatic N) is 2.